The Labute approximate surface area is 407 Å². The van der Waals surface area contributed by atoms with Crippen molar-refractivity contribution in [2.75, 3.05) is 0 Å². The number of para-hydroxylation sites is 7. The van der Waals surface area contributed by atoms with Crippen LogP contribution in [-0.2, 0) is 5.41 Å². The molecule has 14 aromatic rings. The van der Waals surface area contributed by atoms with Crippen LogP contribution in [0.2, 0.25) is 0 Å². The second kappa shape index (κ2) is 14.2. The maximum atomic E-state index is 12.3. The highest BCUT2D eigenvalue weighted by Gasteiger charge is 2.40. The fourth-order valence-corrected chi connectivity index (χ4v) is 12.8. The number of nitrogens with zero attached hydrogens (tertiary/aromatic N) is 6. The first-order chi connectivity index (χ1) is 35.0. The van der Waals surface area contributed by atoms with Crippen molar-refractivity contribution in [3.8, 4) is 46.0 Å². The van der Waals surface area contributed by atoms with Gasteiger partial charge < -0.3 is 18.3 Å². The maximum Gasteiger partial charge on any atom is 0.103 e. The number of benzene rings is 10. The van der Waals surface area contributed by atoms with E-state index in [-0.39, 0.29) is 5.56 Å². The van der Waals surface area contributed by atoms with Crippen LogP contribution in [0.15, 0.2) is 206 Å². The van der Waals surface area contributed by atoms with E-state index in [9.17, 15) is 10.5 Å². The highest BCUT2D eigenvalue weighted by molar-refractivity contribution is 6.17. The van der Waals surface area contributed by atoms with E-state index in [0.29, 0.717) is 16.9 Å². The van der Waals surface area contributed by atoms with Gasteiger partial charge in [0.15, 0.2) is 0 Å². The van der Waals surface area contributed by atoms with Gasteiger partial charge in [0.2, 0.25) is 0 Å². The summed E-state index contributed by atoms with van der Waals surface area (Å²) < 4.78 is 9.39. The summed E-state index contributed by atoms with van der Waals surface area (Å²) in [5.74, 6) is 0. The molecule has 0 amide bonds. The predicted molar refractivity (Wildman–Crippen MR) is 291 cm³/mol. The molecule has 71 heavy (non-hydrogen) atoms. The molecule has 0 radical (unpaired) electrons. The minimum absolute atomic E-state index is 0.288. The smallest absolute Gasteiger partial charge is 0.103 e. The molecule has 4 heterocycles. The molecular weight excluding hydrogens is 865 g/mol. The fourth-order valence-electron chi connectivity index (χ4n) is 12.8. The van der Waals surface area contributed by atoms with Crippen LogP contribution in [0, 0.1) is 22.7 Å². The molecule has 15 rings (SSSR count). The van der Waals surface area contributed by atoms with Crippen molar-refractivity contribution in [1.29, 1.82) is 10.5 Å². The fraction of sp³-hybridized carbons (Fsp3) is 0.0462. The lowest BCUT2D eigenvalue weighted by atomic mass is 9.81. The Kier molecular flexibility index (Phi) is 7.88. The SMILES string of the molecule is CC1(C)c2ccccc2-c2ccc3c4ccccc4n(-c4c(C#N)c(C#N)c(-n5c6ccccc6c6ccccc65)c(-n5c6ccccc6c6ccccc65)c4-n4c5ccccc5c5ccccc54)c3c21. The van der Waals surface area contributed by atoms with Gasteiger partial charge in [0.05, 0.1) is 78.0 Å². The Balaban J connectivity index is 1.30. The quantitative estimate of drug-likeness (QED) is 0.177. The van der Waals surface area contributed by atoms with Crippen molar-refractivity contribution in [1.82, 2.24) is 18.3 Å². The highest BCUT2D eigenvalue weighted by atomic mass is 15.1. The second-order valence-corrected chi connectivity index (χ2v) is 19.4. The van der Waals surface area contributed by atoms with Crippen molar-refractivity contribution < 1.29 is 0 Å². The molecule has 6 nitrogen and oxygen atoms in total. The van der Waals surface area contributed by atoms with Crippen molar-refractivity contribution in [2.24, 2.45) is 0 Å². The third kappa shape index (κ3) is 4.98. The monoisotopic (exact) mass is 904 g/mol. The van der Waals surface area contributed by atoms with Gasteiger partial charge in [-0.3, -0.25) is 0 Å². The molecule has 0 fully saturated rings. The zero-order valence-corrected chi connectivity index (χ0v) is 38.8. The summed E-state index contributed by atoms with van der Waals surface area (Å²) in [6.45, 7) is 4.65. The van der Waals surface area contributed by atoms with E-state index in [1.807, 2.05) is 0 Å². The van der Waals surface area contributed by atoms with Gasteiger partial charge in [-0.05, 0) is 64.7 Å². The molecule has 0 saturated heterocycles. The summed E-state index contributed by atoms with van der Waals surface area (Å²) in [5, 5.41) is 33.2. The van der Waals surface area contributed by atoms with Gasteiger partial charge in [-0.1, -0.05) is 178 Å². The van der Waals surface area contributed by atoms with Crippen LogP contribution in [0.1, 0.15) is 36.1 Å². The third-order valence-electron chi connectivity index (χ3n) is 15.6. The van der Waals surface area contributed by atoms with Crippen molar-refractivity contribution >= 4 is 87.2 Å². The summed E-state index contributed by atoms with van der Waals surface area (Å²) in [6, 6.07) is 78.7. The molecule has 0 saturated carbocycles. The van der Waals surface area contributed by atoms with Crippen LogP contribution in [0.25, 0.3) is 121 Å². The topological polar surface area (TPSA) is 67.3 Å². The first-order valence-corrected chi connectivity index (χ1v) is 24.2. The summed E-state index contributed by atoms with van der Waals surface area (Å²) >= 11 is 0. The second-order valence-electron chi connectivity index (χ2n) is 19.4. The molecule has 4 aromatic heterocycles. The van der Waals surface area contributed by atoms with Gasteiger partial charge in [0.1, 0.15) is 12.1 Å². The van der Waals surface area contributed by atoms with E-state index < -0.39 is 5.41 Å². The first kappa shape index (κ1) is 39.4. The number of hydrogen-bond donors (Lipinski definition) is 0. The van der Waals surface area contributed by atoms with Crippen LogP contribution >= 0.6 is 0 Å². The lowest BCUT2D eigenvalue weighted by Gasteiger charge is -2.29. The van der Waals surface area contributed by atoms with Crippen molar-refractivity contribution in [3.05, 3.63) is 229 Å². The molecule has 1 aliphatic rings. The molecule has 330 valence electrons. The minimum atomic E-state index is -0.423. The standard InChI is InChI=1S/C65H40N6/c1-65(2)51-27-11-3-19-39(51)47-35-36-48-46-26-10-18-34-58(46)71(60(48)59(47)65)62-50(38-67)49(37-66)61(68-52-28-12-4-20-40(52)41-21-5-13-29-53(41)68)63(69-54-30-14-6-22-42(54)43-23-7-15-31-55(43)69)64(62)70-56-32-16-8-24-44(56)45-25-9-17-33-57(45)70/h3-36H,1-2H3. The van der Waals surface area contributed by atoms with Gasteiger partial charge in [-0.25, -0.2) is 0 Å². The number of hydrogen-bond acceptors (Lipinski definition) is 2. The Hall–Kier alpha value is -9.62. The molecule has 0 aliphatic heterocycles. The van der Waals surface area contributed by atoms with Crippen LogP contribution in [-0.4, -0.2) is 18.3 Å². The van der Waals surface area contributed by atoms with Crippen LogP contribution in [0.3, 0.4) is 0 Å². The summed E-state index contributed by atoms with van der Waals surface area (Å²) in [7, 11) is 0. The molecular formula is C65H40N6. The van der Waals surface area contributed by atoms with Crippen molar-refractivity contribution in [3.63, 3.8) is 0 Å². The molecule has 0 unspecified atom stereocenters. The van der Waals surface area contributed by atoms with Crippen LogP contribution in [0.4, 0.5) is 0 Å². The van der Waals surface area contributed by atoms with Gasteiger partial charge in [-0.15, -0.1) is 0 Å². The summed E-state index contributed by atoms with van der Waals surface area (Å²) in [5.41, 5.74) is 15.6. The zero-order chi connectivity index (χ0) is 47.3. The first-order valence-electron chi connectivity index (χ1n) is 24.2. The molecule has 0 N–H and O–H groups in total. The van der Waals surface area contributed by atoms with E-state index in [4.69, 9.17) is 0 Å². The Morgan fingerprint density at radius 1 is 0.310 bits per heavy atom. The molecule has 6 heteroatoms. The van der Waals surface area contributed by atoms with Gasteiger partial charge in [-0.2, -0.15) is 10.5 Å². The van der Waals surface area contributed by atoms with Gasteiger partial charge >= 0.3 is 0 Å². The van der Waals surface area contributed by atoms with Gasteiger partial charge in [0, 0.05) is 48.5 Å². The normalized spacial score (nSPS) is 13.0. The Morgan fingerprint density at radius 3 is 1.01 bits per heavy atom. The summed E-state index contributed by atoms with van der Waals surface area (Å²) in [4.78, 5) is 0. The van der Waals surface area contributed by atoms with E-state index in [1.54, 1.807) is 0 Å². The average Bonchev–Trinajstić information content (AvgIpc) is 4.20. The van der Waals surface area contributed by atoms with E-state index in [2.05, 4.69) is 251 Å². The lowest BCUT2D eigenvalue weighted by molar-refractivity contribution is 0.664. The van der Waals surface area contributed by atoms with Gasteiger partial charge in [0.25, 0.3) is 0 Å². The number of fused-ring (bicyclic) bond motifs is 16. The van der Waals surface area contributed by atoms with E-state index in [1.165, 1.54) is 22.3 Å². The predicted octanol–water partition coefficient (Wildman–Crippen LogP) is 16.1. The van der Waals surface area contributed by atoms with Crippen LogP contribution < -0.4 is 0 Å². The molecule has 0 bridgehead atoms. The molecule has 1 aliphatic carbocycles. The zero-order valence-electron chi connectivity index (χ0n) is 38.8. The van der Waals surface area contributed by atoms with E-state index in [0.717, 1.165) is 98.6 Å². The van der Waals surface area contributed by atoms with Crippen molar-refractivity contribution in [2.45, 2.75) is 19.3 Å². The minimum Gasteiger partial charge on any atom is -0.306 e. The molecule has 0 spiro atoms. The summed E-state index contributed by atoms with van der Waals surface area (Å²) in [6.07, 6.45) is 0. The Bertz CT molecular complexity index is 4600. The lowest BCUT2D eigenvalue weighted by Crippen LogP contribution is -2.19. The third-order valence-corrected chi connectivity index (χ3v) is 15.6. The van der Waals surface area contributed by atoms with Crippen LogP contribution in [0.5, 0.6) is 0 Å². The molecule has 10 aromatic carbocycles. The maximum absolute atomic E-state index is 12.3. The Morgan fingerprint density at radius 2 is 0.620 bits per heavy atom. The number of aromatic nitrogens is 4. The largest absolute Gasteiger partial charge is 0.306 e. The average molecular weight is 905 g/mol. The number of rotatable bonds is 4. The van der Waals surface area contributed by atoms with E-state index >= 15 is 0 Å². The highest BCUT2D eigenvalue weighted by Crippen LogP contribution is 2.55. The number of nitriles is 2. The molecule has 0 atom stereocenters.